The van der Waals surface area contributed by atoms with Crippen LogP contribution in [0.25, 0.3) is 0 Å². The summed E-state index contributed by atoms with van der Waals surface area (Å²) in [6.07, 6.45) is 6.66. The number of aromatic nitrogens is 1. The number of rotatable bonds is 6. The van der Waals surface area contributed by atoms with E-state index >= 15 is 0 Å². The molecule has 1 aliphatic rings. The predicted octanol–water partition coefficient (Wildman–Crippen LogP) is 2.61. The zero-order valence-corrected chi connectivity index (χ0v) is 16.4. The van der Waals surface area contributed by atoms with Gasteiger partial charge in [0.25, 0.3) is 0 Å². The standard InChI is InChI=1S/C22H28N4O2/c1-2-17-5-7-20(8-6-17)25-22(28)21(27)24-15-18-9-12-26(13-10-18)16-19-4-3-11-23-14-19/h3-8,11,14,18H,2,9-10,12-13,15-16H2,1H3,(H,24,27)(H,25,28). The van der Waals surface area contributed by atoms with Gasteiger partial charge in [0.15, 0.2) is 0 Å². The van der Waals surface area contributed by atoms with Crippen LogP contribution in [0.3, 0.4) is 0 Å². The molecule has 1 aromatic heterocycles. The molecule has 1 fully saturated rings. The maximum atomic E-state index is 12.1. The highest BCUT2D eigenvalue weighted by atomic mass is 16.2. The lowest BCUT2D eigenvalue weighted by molar-refractivity contribution is -0.136. The smallest absolute Gasteiger partial charge is 0.313 e. The fourth-order valence-corrected chi connectivity index (χ4v) is 3.43. The number of carbonyl (C=O) groups is 2. The first-order valence-corrected chi connectivity index (χ1v) is 9.93. The fraction of sp³-hybridized carbons (Fsp3) is 0.409. The fourth-order valence-electron chi connectivity index (χ4n) is 3.43. The highest BCUT2D eigenvalue weighted by Gasteiger charge is 2.21. The molecule has 2 aromatic rings. The number of hydrogen-bond donors (Lipinski definition) is 2. The Kier molecular flexibility index (Phi) is 7.14. The van der Waals surface area contributed by atoms with E-state index in [1.807, 2.05) is 36.5 Å². The molecule has 2 N–H and O–H groups in total. The van der Waals surface area contributed by atoms with Crippen molar-refractivity contribution in [2.45, 2.75) is 32.7 Å². The molecule has 148 valence electrons. The molecule has 0 radical (unpaired) electrons. The van der Waals surface area contributed by atoms with E-state index in [-0.39, 0.29) is 0 Å². The molecule has 0 aliphatic carbocycles. The van der Waals surface area contributed by atoms with E-state index in [0.29, 0.717) is 18.2 Å². The molecular weight excluding hydrogens is 352 g/mol. The van der Waals surface area contributed by atoms with E-state index in [2.05, 4.69) is 33.5 Å². The van der Waals surface area contributed by atoms with Crippen LogP contribution in [0.5, 0.6) is 0 Å². The quantitative estimate of drug-likeness (QED) is 0.756. The Morgan fingerprint density at radius 2 is 1.82 bits per heavy atom. The lowest BCUT2D eigenvalue weighted by Gasteiger charge is -2.31. The molecule has 0 bridgehead atoms. The SMILES string of the molecule is CCc1ccc(NC(=O)C(=O)NCC2CCN(Cc3cccnc3)CC2)cc1. The molecule has 1 saturated heterocycles. The number of nitrogens with zero attached hydrogens (tertiary/aromatic N) is 2. The second-order valence-electron chi connectivity index (χ2n) is 7.30. The number of amides is 2. The Labute approximate surface area is 166 Å². The van der Waals surface area contributed by atoms with Gasteiger partial charge in [-0.25, -0.2) is 0 Å². The molecule has 1 aliphatic heterocycles. The molecule has 0 unspecified atom stereocenters. The van der Waals surface area contributed by atoms with Gasteiger partial charge in [0, 0.05) is 31.2 Å². The van der Waals surface area contributed by atoms with Crippen LogP contribution in [-0.2, 0) is 22.6 Å². The van der Waals surface area contributed by atoms with Crippen LogP contribution in [0.2, 0.25) is 0 Å². The number of piperidine rings is 1. The van der Waals surface area contributed by atoms with Gasteiger partial charge in [-0.15, -0.1) is 0 Å². The number of aryl methyl sites for hydroxylation is 1. The second kappa shape index (κ2) is 9.99. The lowest BCUT2D eigenvalue weighted by atomic mass is 9.96. The molecule has 1 aromatic carbocycles. The largest absolute Gasteiger partial charge is 0.348 e. The zero-order chi connectivity index (χ0) is 19.8. The van der Waals surface area contributed by atoms with Gasteiger partial charge in [-0.05, 0) is 67.6 Å². The van der Waals surface area contributed by atoms with Crippen LogP contribution in [0.4, 0.5) is 5.69 Å². The van der Waals surface area contributed by atoms with E-state index in [4.69, 9.17) is 0 Å². The minimum Gasteiger partial charge on any atom is -0.348 e. The maximum Gasteiger partial charge on any atom is 0.313 e. The summed E-state index contributed by atoms with van der Waals surface area (Å²) in [7, 11) is 0. The lowest BCUT2D eigenvalue weighted by Crippen LogP contribution is -2.41. The van der Waals surface area contributed by atoms with Gasteiger partial charge in [0.1, 0.15) is 0 Å². The van der Waals surface area contributed by atoms with Crippen molar-refractivity contribution in [1.82, 2.24) is 15.2 Å². The summed E-state index contributed by atoms with van der Waals surface area (Å²) in [4.78, 5) is 30.7. The van der Waals surface area contributed by atoms with Gasteiger partial charge in [0.05, 0.1) is 0 Å². The Hall–Kier alpha value is -2.73. The summed E-state index contributed by atoms with van der Waals surface area (Å²) < 4.78 is 0. The third kappa shape index (κ3) is 5.89. The van der Waals surface area contributed by atoms with Crippen molar-refractivity contribution in [1.29, 1.82) is 0 Å². The molecule has 2 amide bonds. The first-order chi connectivity index (χ1) is 13.6. The van der Waals surface area contributed by atoms with Crippen molar-refractivity contribution in [2.24, 2.45) is 5.92 Å². The minimum atomic E-state index is -0.613. The van der Waals surface area contributed by atoms with Gasteiger partial charge >= 0.3 is 11.8 Å². The van der Waals surface area contributed by atoms with Crippen LogP contribution in [0.1, 0.15) is 30.9 Å². The summed E-state index contributed by atoms with van der Waals surface area (Å²) in [6.45, 7) is 5.51. The zero-order valence-electron chi connectivity index (χ0n) is 16.4. The third-order valence-corrected chi connectivity index (χ3v) is 5.21. The Morgan fingerprint density at radius 3 is 2.46 bits per heavy atom. The maximum absolute atomic E-state index is 12.1. The summed E-state index contributed by atoms with van der Waals surface area (Å²) >= 11 is 0. The highest BCUT2D eigenvalue weighted by molar-refractivity contribution is 6.39. The first-order valence-electron chi connectivity index (χ1n) is 9.93. The van der Waals surface area contributed by atoms with Gasteiger partial charge < -0.3 is 10.6 Å². The molecule has 2 heterocycles. The molecule has 0 spiro atoms. The number of nitrogens with one attached hydrogen (secondary N) is 2. The van der Waals surface area contributed by atoms with Crippen molar-refractivity contribution < 1.29 is 9.59 Å². The molecule has 0 atom stereocenters. The average Bonchev–Trinajstić information content (AvgIpc) is 2.74. The molecule has 0 saturated carbocycles. The molecule has 28 heavy (non-hydrogen) atoms. The van der Waals surface area contributed by atoms with Crippen LogP contribution < -0.4 is 10.6 Å². The van der Waals surface area contributed by atoms with Crippen LogP contribution in [0.15, 0.2) is 48.8 Å². The second-order valence-corrected chi connectivity index (χ2v) is 7.30. The number of pyridine rings is 1. The Bertz CT molecular complexity index is 769. The van der Waals surface area contributed by atoms with Crippen molar-refractivity contribution in [3.8, 4) is 0 Å². The van der Waals surface area contributed by atoms with Crippen LogP contribution in [-0.4, -0.2) is 41.3 Å². The predicted molar refractivity (Wildman–Crippen MR) is 110 cm³/mol. The van der Waals surface area contributed by atoms with Crippen molar-refractivity contribution >= 4 is 17.5 Å². The summed E-state index contributed by atoms with van der Waals surface area (Å²) in [5.41, 5.74) is 3.05. The third-order valence-electron chi connectivity index (χ3n) is 5.21. The van der Waals surface area contributed by atoms with E-state index in [9.17, 15) is 9.59 Å². The summed E-state index contributed by atoms with van der Waals surface area (Å²) in [5, 5.41) is 5.43. The van der Waals surface area contributed by atoms with Gasteiger partial charge in [-0.2, -0.15) is 0 Å². The van der Waals surface area contributed by atoms with E-state index in [1.54, 1.807) is 6.20 Å². The molecular formula is C22H28N4O2. The summed E-state index contributed by atoms with van der Waals surface area (Å²) in [5.74, 6) is -0.777. The van der Waals surface area contributed by atoms with E-state index < -0.39 is 11.8 Å². The van der Waals surface area contributed by atoms with E-state index in [1.165, 1.54) is 11.1 Å². The number of benzene rings is 1. The highest BCUT2D eigenvalue weighted by Crippen LogP contribution is 2.18. The monoisotopic (exact) mass is 380 g/mol. The minimum absolute atomic E-state index is 0.408. The van der Waals surface area contributed by atoms with Crippen LogP contribution in [0, 0.1) is 5.92 Å². The van der Waals surface area contributed by atoms with Crippen molar-refractivity contribution in [3.63, 3.8) is 0 Å². The van der Waals surface area contributed by atoms with Gasteiger partial charge in [-0.3, -0.25) is 19.5 Å². The van der Waals surface area contributed by atoms with Crippen molar-refractivity contribution in [2.75, 3.05) is 25.0 Å². The number of carbonyl (C=O) groups excluding carboxylic acids is 2. The van der Waals surface area contributed by atoms with Gasteiger partial charge in [-0.1, -0.05) is 25.1 Å². The summed E-state index contributed by atoms with van der Waals surface area (Å²) in [6, 6.07) is 11.6. The first kappa shape index (κ1) is 20.0. The molecule has 3 rings (SSSR count). The number of anilines is 1. The molecule has 6 heteroatoms. The number of likely N-dealkylation sites (tertiary alicyclic amines) is 1. The van der Waals surface area contributed by atoms with E-state index in [0.717, 1.165) is 38.9 Å². The Balaban J connectivity index is 1.37. The average molecular weight is 380 g/mol. The Morgan fingerprint density at radius 1 is 1.07 bits per heavy atom. The number of hydrogen-bond acceptors (Lipinski definition) is 4. The van der Waals surface area contributed by atoms with Crippen molar-refractivity contribution in [3.05, 3.63) is 59.9 Å². The topological polar surface area (TPSA) is 74.3 Å². The molecule has 6 nitrogen and oxygen atoms in total. The van der Waals surface area contributed by atoms with Gasteiger partial charge in [0.2, 0.25) is 0 Å². The van der Waals surface area contributed by atoms with Crippen LogP contribution >= 0.6 is 0 Å². The normalized spacial score (nSPS) is 15.2.